The van der Waals surface area contributed by atoms with Gasteiger partial charge in [0.2, 0.25) is 0 Å². The summed E-state index contributed by atoms with van der Waals surface area (Å²) in [6, 6.07) is 7.86. The molecule has 0 aliphatic heterocycles. The molecule has 0 spiro atoms. The number of hydrogen-bond acceptors (Lipinski definition) is 3. The Labute approximate surface area is 122 Å². The zero-order valence-electron chi connectivity index (χ0n) is 12.8. The van der Waals surface area contributed by atoms with E-state index >= 15 is 0 Å². The highest BCUT2D eigenvalue weighted by Gasteiger charge is 2.04. The zero-order chi connectivity index (χ0) is 14.8. The highest BCUT2D eigenvalue weighted by Crippen LogP contribution is 2.13. The van der Waals surface area contributed by atoms with Crippen molar-refractivity contribution >= 4 is 5.91 Å². The van der Waals surface area contributed by atoms with E-state index in [0.717, 1.165) is 31.8 Å². The van der Waals surface area contributed by atoms with Gasteiger partial charge in [0, 0.05) is 13.1 Å². The lowest BCUT2D eigenvalue weighted by Crippen LogP contribution is -2.36. The second-order valence-corrected chi connectivity index (χ2v) is 4.67. The number of rotatable bonds is 9. The molecule has 0 aliphatic rings. The van der Waals surface area contributed by atoms with Crippen LogP contribution in [0.1, 0.15) is 26.3 Å². The van der Waals surface area contributed by atoms with E-state index in [1.165, 1.54) is 5.56 Å². The first-order chi connectivity index (χ1) is 9.69. The van der Waals surface area contributed by atoms with Crippen molar-refractivity contribution in [3.05, 3.63) is 29.8 Å². The first-order valence-corrected chi connectivity index (χ1v) is 7.40. The first-order valence-electron chi connectivity index (χ1n) is 7.40. The predicted octanol–water partition coefficient (Wildman–Crippen LogP) is 2.09. The third-order valence-corrected chi connectivity index (χ3v) is 3.32. The van der Waals surface area contributed by atoms with Crippen molar-refractivity contribution in [3.8, 4) is 5.75 Å². The van der Waals surface area contributed by atoms with Crippen LogP contribution in [0.3, 0.4) is 0 Å². The minimum absolute atomic E-state index is 0.0703. The van der Waals surface area contributed by atoms with Crippen molar-refractivity contribution in [1.82, 2.24) is 10.2 Å². The lowest BCUT2D eigenvalue weighted by atomic mass is 10.2. The maximum Gasteiger partial charge on any atom is 0.257 e. The van der Waals surface area contributed by atoms with Crippen LogP contribution in [0.15, 0.2) is 24.3 Å². The van der Waals surface area contributed by atoms with E-state index in [1.807, 2.05) is 18.2 Å². The standard InChI is InChI=1S/C16H26N2O2/c1-4-14-8-7-9-15(12-14)20-13-16(19)17-10-11-18(5-2)6-3/h7-9,12H,4-6,10-11,13H2,1-3H3,(H,17,19). The van der Waals surface area contributed by atoms with E-state index in [9.17, 15) is 4.79 Å². The normalized spacial score (nSPS) is 10.6. The Balaban J connectivity index is 2.25. The molecule has 0 aromatic heterocycles. The molecule has 20 heavy (non-hydrogen) atoms. The molecule has 0 fully saturated rings. The number of nitrogens with zero attached hydrogens (tertiary/aromatic N) is 1. The third kappa shape index (κ3) is 6.06. The van der Waals surface area contributed by atoms with E-state index in [2.05, 4.69) is 37.1 Å². The van der Waals surface area contributed by atoms with Gasteiger partial charge in [-0.2, -0.15) is 0 Å². The van der Waals surface area contributed by atoms with Crippen LogP contribution in [-0.2, 0) is 11.2 Å². The summed E-state index contributed by atoms with van der Waals surface area (Å²) in [5, 5.41) is 2.88. The summed E-state index contributed by atoms with van der Waals surface area (Å²) in [7, 11) is 0. The van der Waals surface area contributed by atoms with Gasteiger partial charge in [0.1, 0.15) is 5.75 Å². The van der Waals surface area contributed by atoms with Crippen LogP contribution in [0.25, 0.3) is 0 Å². The fourth-order valence-electron chi connectivity index (χ4n) is 1.95. The molecule has 112 valence electrons. The molecule has 0 saturated heterocycles. The molecule has 1 N–H and O–H groups in total. The number of carbonyl (C=O) groups is 1. The number of carbonyl (C=O) groups excluding carboxylic acids is 1. The van der Waals surface area contributed by atoms with Gasteiger partial charge in [0.25, 0.3) is 5.91 Å². The van der Waals surface area contributed by atoms with Gasteiger partial charge in [0.05, 0.1) is 0 Å². The quantitative estimate of drug-likeness (QED) is 0.752. The summed E-state index contributed by atoms with van der Waals surface area (Å²) in [6.07, 6.45) is 0.966. The fourth-order valence-corrected chi connectivity index (χ4v) is 1.95. The molecule has 0 unspecified atom stereocenters. The van der Waals surface area contributed by atoms with Crippen molar-refractivity contribution in [2.24, 2.45) is 0 Å². The smallest absolute Gasteiger partial charge is 0.257 e. The van der Waals surface area contributed by atoms with Crippen LogP contribution in [0.5, 0.6) is 5.75 Å². The third-order valence-electron chi connectivity index (χ3n) is 3.32. The van der Waals surface area contributed by atoms with Gasteiger partial charge in [-0.1, -0.05) is 32.9 Å². The maximum absolute atomic E-state index is 11.7. The molecule has 1 aromatic rings. The van der Waals surface area contributed by atoms with Crippen molar-refractivity contribution < 1.29 is 9.53 Å². The lowest BCUT2D eigenvalue weighted by molar-refractivity contribution is -0.123. The van der Waals surface area contributed by atoms with Crippen LogP contribution >= 0.6 is 0 Å². The number of nitrogens with one attached hydrogen (secondary N) is 1. The number of likely N-dealkylation sites (N-methyl/N-ethyl adjacent to an activating group) is 1. The maximum atomic E-state index is 11.7. The second-order valence-electron chi connectivity index (χ2n) is 4.67. The van der Waals surface area contributed by atoms with Crippen LogP contribution in [0.2, 0.25) is 0 Å². The Hall–Kier alpha value is -1.55. The first kappa shape index (κ1) is 16.5. The van der Waals surface area contributed by atoms with E-state index in [1.54, 1.807) is 0 Å². The number of ether oxygens (including phenoxy) is 1. The molecular weight excluding hydrogens is 252 g/mol. The summed E-state index contributed by atoms with van der Waals surface area (Å²) in [5.41, 5.74) is 1.21. The fraction of sp³-hybridized carbons (Fsp3) is 0.562. The van der Waals surface area contributed by atoms with E-state index in [-0.39, 0.29) is 12.5 Å². The van der Waals surface area contributed by atoms with Gasteiger partial charge < -0.3 is 15.0 Å². The summed E-state index contributed by atoms with van der Waals surface area (Å²) >= 11 is 0. The Bertz CT molecular complexity index is 403. The minimum atomic E-state index is -0.0703. The average Bonchev–Trinajstić information content (AvgIpc) is 2.49. The largest absolute Gasteiger partial charge is 0.484 e. The molecule has 0 bridgehead atoms. The molecule has 4 heteroatoms. The molecule has 0 saturated carbocycles. The number of aryl methyl sites for hydroxylation is 1. The number of amides is 1. The summed E-state index contributed by atoms with van der Waals surface area (Å²) < 4.78 is 5.49. The zero-order valence-corrected chi connectivity index (χ0v) is 12.8. The van der Waals surface area contributed by atoms with Crippen molar-refractivity contribution in [2.75, 3.05) is 32.8 Å². The van der Waals surface area contributed by atoms with Gasteiger partial charge in [-0.25, -0.2) is 0 Å². The van der Waals surface area contributed by atoms with Crippen molar-refractivity contribution in [3.63, 3.8) is 0 Å². The Morgan fingerprint density at radius 3 is 2.65 bits per heavy atom. The van der Waals surface area contributed by atoms with Crippen LogP contribution in [0, 0.1) is 0 Å². The van der Waals surface area contributed by atoms with Crippen LogP contribution in [-0.4, -0.2) is 43.6 Å². The highest BCUT2D eigenvalue weighted by molar-refractivity contribution is 5.77. The molecule has 0 radical (unpaired) electrons. The van der Waals surface area contributed by atoms with Gasteiger partial charge in [-0.15, -0.1) is 0 Å². The molecule has 1 aromatic carbocycles. The highest BCUT2D eigenvalue weighted by atomic mass is 16.5. The van der Waals surface area contributed by atoms with Gasteiger partial charge in [-0.05, 0) is 37.2 Å². The Morgan fingerprint density at radius 1 is 1.25 bits per heavy atom. The van der Waals surface area contributed by atoms with Gasteiger partial charge >= 0.3 is 0 Å². The molecule has 4 nitrogen and oxygen atoms in total. The monoisotopic (exact) mass is 278 g/mol. The Kier molecular flexibility index (Phi) is 7.73. The molecule has 0 atom stereocenters. The number of hydrogen-bond donors (Lipinski definition) is 1. The Morgan fingerprint density at radius 2 is 2.00 bits per heavy atom. The summed E-state index contributed by atoms with van der Waals surface area (Å²) in [6.45, 7) is 9.97. The van der Waals surface area contributed by atoms with Gasteiger partial charge in [0.15, 0.2) is 6.61 Å². The molecule has 1 amide bonds. The van der Waals surface area contributed by atoms with E-state index < -0.39 is 0 Å². The number of benzene rings is 1. The summed E-state index contributed by atoms with van der Waals surface area (Å²) in [5.74, 6) is 0.683. The van der Waals surface area contributed by atoms with E-state index in [4.69, 9.17) is 4.74 Å². The molecule has 1 rings (SSSR count). The SMILES string of the molecule is CCc1cccc(OCC(=O)NCCN(CC)CC)c1. The van der Waals surface area contributed by atoms with Crippen LogP contribution < -0.4 is 10.1 Å². The van der Waals surface area contributed by atoms with Crippen LogP contribution in [0.4, 0.5) is 0 Å². The molecular formula is C16H26N2O2. The average molecular weight is 278 g/mol. The van der Waals surface area contributed by atoms with Gasteiger partial charge in [-0.3, -0.25) is 4.79 Å². The topological polar surface area (TPSA) is 41.6 Å². The summed E-state index contributed by atoms with van der Waals surface area (Å²) in [4.78, 5) is 13.9. The van der Waals surface area contributed by atoms with Crippen molar-refractivity contribution in [2.45, 2.75) is 27.2 Å². The van der Waals surface area contributed by atoms with Crippen molar-refractivity contribution in [1.29, 1.82) is 0 Å². The van der Waals surface area contributed by atoms with E-state index in [0.29, 0.717) is 6.54 Å². The minimum Gasteiger partial charge on any atom is -0.484 e. The second kappa shape index (κ2) is 9.37. The predicted molar refractivity (Wildman–Crippen MR) is 82.1 cm³/mol. The molecule has 0 aliphatic carbocycles. The molecule has 0 heterocycles. The lowest BCUT2D eigenvalue weighted by Gasteiger charge is -2.18.